The third-order valence-corrected chi connectivity index (χ3v) is 3.59. The molecule has 0 N–H and O–H groups in total. The van der Waals surface area contributed by atoms with Gasteiger partial charge in [-0.05, 0) is 31.0 Å². The van der Waals surface area contributed by atoms with Gasteiger partial charge in [0.25, 0.3) is 0 Å². The van der Waals surface area contributed by atoms with Crippen LogP contribution in [0.5, 0.6) is 0 Å². The van der Waals surface area contributed by atoms with E-state index in [1.165, 1.54) is 6.26 Å². The number of furan rings is 1. The van der Waals surface area contributed by atoms with Gasteiger partial charge in [0.1, 0.15) is 11.5 Å². The topological polar surface area (TPSA) is 51.4 Å². The first-order chi connectivity index (χ1) is 11.0. The van der Waals surface area contributed by atoms with E-state index in [1.807, 2.05) is 0 Å². The summed E-state index contributed by atoms with van der Waals surface area (Å²) in [5.41, 5.74) is -0.959. The molecule has 2 aromatic heterocycles. The Labute approximate surface area is 131 Å². The highest BCUT2D eigenvalue weighted by Gasteiger charge is 2.33. The number of nitrogens with zero attached hydrogens (tertiary/aromatic N) is 3. The molecule has 3 heterocycles. The largest absolute Gasteiger partial charge is 0.467 e. The van der Waals surface area contributed by atoms with E-state index in [1.54, 1.807) is 17.0 Å². The normalized spacial score (nSPS) is 18.3. The standard InChI is InChI=1S/C15H16F3N3O2/c16-15(17,18)13-5-6-19-14(20-13)21(9-11-3-1-7-22-11)10-12-4-2-8-23-12/h1,3,5-7,12H,2,4,8-10H2. The van der Waals surface area contributed by atoms with Crippen molar-refractivity contribution in [3.63, 3.8) is 0 Å². The van der Waals surface area contributed by atoms with Crippen LogP contribution in [-0.2, 0) is 17.5 Å². The van der Waals surface area contributed by atoms with Crippen LogP contribution in [-0.4, -0.2) is 29.2 Å². The van der Waals surface area contributed by atoms with Gasteiger partial charge in [0.2, 0.25) is 5.95 Å². The number of rotatable bonds is 5. The zero-order valence-corrected chi connectivity index (χ0v) is 12.3. The van der Waals surface area contributed by atoms with Gasteiger partial charge < -0.3 is 14.1 Å². The Morgan fingerprint density at radius 3 is 2.83 bits per heavy atom. The van der Waals surface area contributed by atoms with E-state index in [0.29, 0.717) is 18.9 Å². The van der Waals surface area contributed by atoms with E-state index in [-0.39, 0.29) is 18.6 Å². The zero-order valence-electron chi connectivity index (χ0n) is 12.3. The van der Waals surface area contributed by atoms with Gasteiger partial charge in [-0.1, -0.05) is 0 Å². The van der Waals surface area contributed by atoms with Gasteiger partial charge in [-0.15, -0.1) is 0 Å². The average molecular weight is 327 g/mol. The summed E-state index contributed by atoms with van der Waals surface area (Å²) in [6.45, 7) is 1.37. The minimum Gasteiger partial charge on any atom is -0.467 e. The van der Waals surface area contributed by atoms with Crippen LogP contribution in [0.4, 0.5) is 19.1 Å². The van der Waals surface area contributed by atoms with Crippen LogP contribution in [0, 0.1) is 0 Å². The molecule has 1 aliphatic heterocycles. The second-order valence-electron chi connectivity index (χ2n) is 5.33. The van der Waals surface area contributed by atoms with Crippen molar-refractivity contribution in [2.45, 2.75) is 31.7 Å². The van der Waals surface area contributed by atoms with E-state index in [2.05, 4.69) is 9.97 Å². The summed E-state index contributed by atoms with van der Waals surface area (Å²) in [6.07, 6.45) is -0.0838. The molecule has 0 bridgehead atoms. The number of alkyl halides is 3. The fourth-order valence-electron chi connectivity index (χ4n) is 2.50. The molecule has 5 nitrogen and oxygen atoms in total. The van der Waals surface area contributed by atoms with Crippen LogP contribution in [0.2, 0.25) is 0 Å². The number of aromatic nitrogens is 2. The Morgan fingerprint density at radius 1 is 1.30 bits per heavy atom. The molecule has 0 radical (unpaired) electrons. The first-order valence-electron chi connectivity index (χ1n) is 7.31. The SMILES string of the molecule is FC(F)(F)c1ccnc(N(Cc2ccco2)CC2CCCO2)n1. The zero-order chi connectivity index (χ0) is 16.3. The molecule has 0 amide bonds. The lowest BCUT2D eigenvalue weighted by Crippen LogP contribution is -2.33. The minimum absolute atomic E-state index is 0.0201. The van der Waals surface area contributed by atoms with Crippen LogP contribution in [0.15, 0.2) is 35.1 Å². The number of hydrogen-bond donors (Lipinski definition) is 0. The predicted molar refractivity (Wildman–Crippen MR) is 75.8 cm³/mol. The second-order valence-corrected chi connectivity index (χ2v) is 5.33. The maximum atomic E-state index is 12.9. The van der Waals surface area contributed by atoms with E-state index < -0.39 is 11.9 Å². The lowest BCUT2D eigenvalue weighted by molar-refractivity contribution is -0.141. The Morgan fingerprint density at radius 2 is 2.17 bits per heavy atom. The molecule has 0 saturated carbocycles. The molecule has 1 unspecified atom stereocenters. The number of ether oxygens (including phenoxy) is 1. The highest BCUT2D eigenvalue weighted by atomic mass is 19.4. The molecule has 0 spiro atoms. The Hall–Kier alpha value is -2.09. The quantitative estimate of drug-likeness (QED) is 0.843. The van der Waals surface area contributed by atoms with Crippen molar-refractivity contribution in [2.75, 3.05) is 18.1 Å². The molecule has 2 aromatic rings. The van der Waals surface area contributed by atoms with Gasteiger partial charge in [-0.2, -0.15) is 13.2 Å². The molecular weight excluding hydrogens is 311 g/mol. The molecule has 0 aromatic carbocycles. The lowest BCUT2D eigenvalue weighted by Gasteiger charge is -2.25. The summed E-state index contributed by atoms with van der Waals surface area (Å²) < 4.78 is 49.4. The van der Waals surface area contributed by atoms with Crippen molar-refractivity contribution < 1.29 is 22.3 Å². The van der Waals surface area contributed by atoms with Crippen molar-refractivity contribution in [1.29, 1.82) is 0 Å². The van der Waals surface area contributed by atoms with Crippen molar-refractivity contribution in [2.24, 2.45) is 0 Å². The van der Waals surface area contributed by atoms with Gasteiger partial charge in [0, 0.05) is 19.3 Å². The van der Waals surface area contributed by atoms with Crippen molar-refractivity contribution in [3.05, 3.63) is 42.1 Å². The van der Waals surface area contributed by atoms with E-state index in [9.17, 15) is 13.2 Å². The van der Waals surface area contributed by atoms with E-state index in [4.69, 9.17) is 9.15 Å². The molecule has 124 valence electrons. The monoisotopic (exact) mass is 327 g/mol. The Bertz CT molecular complexity index is 625. The number of hydrogen-bond acceptors (Lipinski definition) is 5. The maximum Gasteiger partial charge on any atom is 0.433 e. The first kappa shape index (κ1) is 15.8. The van der Waals surface area contributed by atoms with Crippen LogP contribution in [0.1, 0.15) is 24.3 Å². The van der Waals surface area contributed by atoms with Gasteiger partial charge in [0.05, 0.1) is 18.9 Å². The molecule has 1 saturated heterocycles. The van der Waals surface area contributed by atoms with Crippen molar-refractivity contribution >= 4 is 5.95 Å². The van der Waals surface area contributed by atoms with Crippen LogP contribution < -0.4 is 4.90 Å². The third-order valence-electron chi connectivity index (χ3n) is 3.59. The first-order valence-corrected chi connectivity index (χ1v) is 7.31. The molecule has 0 aliphatic carbocycles. The molecule has 1 aliphatic rings. The molecular formula is C15H16F3N3O2. The summed E-state index contributed by atoms with van der Waals surface area (Å²) >= 11 is 0. The highest BCUT2D eigenvalue weighted by molar-refractivity contribution is 5.32. The second kappa shape index (κ2) is 6.57. The molecule has 1 fully saturated rings. The Balaban J connectivity index is 1.84. The smallest absolute Gasteiger partial charge is 0.433 e. The Kier molecular flexibility index (Phi) is 4.51. The van der Waals surface area contributed by atoms with E-state index in [0.717, 1.165) is 25.1 Å². The number of halogens is 3. The minimum atomic E-state index is -4.50. The summed E-state index contributed by atoms with van der Waals surface area (Å²) in [6, 6.07) is 4.35. The van der Waals surface area contributed by atoms with Crippen LogP contribution >= 0.6 is 0 Å². The summed E-state index contributed by atoms with van der Waals surface area (Å²) in [4.78, 5) is 9.31. The van der Waals surface area contributed by atoms with Gasteiger partial charge in [-0.3, -0.25) is 0 Å². The summed E-state index contributed by atoms with van der Waals surface area (Å²) in [5, 5.41) is 0. The molecule has 23 heavy (non-hydrogen) atoms. The number of anilines is 1. The summed E-state index contributed by atoms with van der Waals surface area (Å²) in [7, 11) is 0. The van der Waals surface area contributed by atoms with Crippen molar-refractivity contribution in [3.8, 4) is 0 Å². The van der Waals surface area contributed by atoms with E-state index >= 15 is 0 Å². The molecule has 8 heteroatoms. The third kappa shape index (κ3) is 4.01. The maximum absolute atomic E-state index is 12.9. The molecule has 1 atom stereocenters. The van der Waals surface area contributed by atoms with Gasteiger partial charge in [0.15, 0.2) is 0 Å². The fourth-order valence-corrected chi connectivity index (χ4v) is 2.50. The lowest BCUT2D eigenvalue weighted by atomic mass is 10.2. The van der Waals surface area contributed by atoms with Gasteiger partial charge in [-0.25, -0.2) is 9.97 Å². The van der Waals surface area contributed by atoms with Crippen LogP contribution in [0.3, 0.4) is 0 Å². The highest BCUT2D eigenvalue weighted by Crippen LogP contribution is 2.28. The summed E-state index contributed by atoms with van der Waals surface area (Å²) in [5.74, 6) is 0.649. The average Bonchev–Trinajstić information content (AvgIpc) is 3.19. The van der Waals surface area contributed by atoms with Crippen molar-refractivity contribution in [1.82, 2.24) is 9.97 Å². The van der Waals surface area contributed by atoms with Crippen LogP contribution in [0.25, 0.3) is 0 Å². The fraction of sp³-hybridized carbons (Fsp3) is 0.467. The van der Waals surface area contributed by atoms with Gasteiger partial charge >= 0.3 is 6.18 Å². The molecule has 3 rings (SSSR count). The predicted octanol–water partition coefficient (Wildman–Crippen LogP) is 3.27.